The first-order valence-corrected chi connectivity index (χ1v) is 6.01. The second-order valence-corrected chi connectivity index (χ2v) is 3.66. The number of esters is 1. The van der Waals surface area contributed by atoms with Crippen LogP contribution in [0.4, 0.5) is 0 Å². The second kappa shape index (κ2) is 7.83. The molecule has 72 valence electrons. The lowest BCUT2D eigenvalue weighted by Gasteiger charge is -2.10. The smallest absolute Gasteiger partial charge is 0.309 e. The van der Waals surface area contributed by atoms with Crippen LogP contribution in [0, 0.1) is 5.92 Å². The van der Waals surface area contributed by atoms with Crippen molar-refractivity contribution in [2.24, 2.45) is 5.92 Å². The molecule has 3 heteroatoms. The van der Waals surface area contributed by atoms with E-state index < -0.39 is 0 Å². The molecule has 0 aliphatic heterocycles. The van der Waals surface area contributed by atoms with Crippen molar-refractivity contribution in [3.8, 4) is 0 Å². The Balaban J connectivity index is 3.54. The first-order chi connectivity index (χ1) is 5.76. The molecule has 0 saturated carbocycles. The molecule has 0 amide bonds. The van der Waals surface area contributed by atoms with Crippen molar-refractivity contribution in [2.75, 3.05) is 11.0 Å². The number of carbonyl (C=O) groups is 1. The Morgan fingerprint density at radius 2 is 2.17 bits per heavy atom. The van der Waals surface area contributed by atoms with Gasteiger partial charge in [0.25, 0.3) is 0 Å². The van der Waals surface area contributed by atoms with E-state index in [1.807, 2.05) is 6.92 Å². The summed E-state index contributed by atoms with van der Waals surface area (Å²) in [6.07, 6.45) is 2.94. The van der Waals surface area contributed by atoms with Gasteiger partial charge in [0.15, 0.2) is 0 Å². The molecule has 0 aliphatic rings. The first kappa shape index (κ1) is 12.2. The van der Waals surface area contributed by atoms with E-state index in [9.17, 15) is 4.79 Å². The fourth-order valence-corrected chi connectivity index (χ4v) is 1.76. The van der Waals surface area contributed by atoms with E-state index in [-0.39, 0.29) is 11.9 Å². The normalized spacial score (nSPS) is 12.6. The zero-order chi connectivity index (χ0) is 9.40. The fourth-order valence-electron chi connectivity index (χ4n) is 0.774. The second-order valence-electron chi connectivity index (χ2n) is 2.78. The van der Waals surface area contributed by atoms with Crippen molar-refractivity contribution < 1.29 is 9.53 Å². The molecule has 0 fully saturated rings. The average Bonchev–Trinajstić information content (AvgIpc) is 2.07. The van der Waals surface area contributed by atoms with Crippen molar-refractivity contribution in [2.45, 2.75) is 33.1 Å². The van der Waals surface area contributed by atoms with Gasteiger partial charge < -0.3 is 4.74 Å². The van der Waals surface area contributed by atoms with Crippen LogP contribution in [0.3, 0.4) is 0 Å². The molecular weight excluding hydrogens is 267 g/mol. The van der Waals surface area contributed by atoms with Gasteiger partial charge in [-0.2, -0.15) is 0 Å². The Bertz CT molecular complexity index is 122. The standard InChI is InChI=1S/C9H17IO2/c1-3-5-6-12-9(11)8(4-2)7-10/h8H,3-7H2,1-2H3. The lowest BCUT2D eigenvalue weighted by atomic mass is 10.1. The van der Waals surface area contributed by atoms with Crippen molar-refractivity contribution in [1.29, 1.82) is 0 Å². The zero-order valence-electron chi connectivity index (χ0n) is 7.81. The molecule has 0 aromatic heterocycles. The van der Waals surface area contributed by atoms with Crippen molar-refractivity contribution in [3.05, 3.63) is 0 Å². The van der Waals surface area contributed by atoms with Gasteiger partial charge >= 0.3 is 5.97 Å². The number of rotatable bonds is 6. The van der Waals surface area contributed by atoms with Crippen LogP contribution in [0.25, 0.3) is 0 Å². The molecule has 0 bridgehead atoms. The van der Waals surface area contributed by atoms with Gasteiger partial charge in [-0.25, -0.2) is 0 Å². The van der Waals surface area contributed by atoms with Crippen LogP contribution in [-0.4, -0.2) is 17.0 Å². The van der Waals surface area contributed by atoms with Crippen LogP contribution in [0.5, 0.6) is 0 Å². The zero-order valence-corrected chi connectivity index (χ0v) is 9.96. The highest BCUT2D eigenvalue weighted by atomic mass is 127. The number of alkyl halides is 1. The number of unbranched alkanes of at least 4 members (excludes halogenated alkanes) is 1. The molecule has 0 spiro atoms. The molecule has 0 aromatic carbocycles. The minimum atomic E-state index is -0.0275. The Hall–Kier alpha value is 0.200. The Morgan fingerprint density at radius 3 is 2.58 bits per heavy atom. The van der Waals surface area contributed by atoms with Gasteiger partial charge in [0.1, 0.15) is 0 Å². The fraction of sp³-hybridized carbons (Fsp3) is 0.889. The van der Waals surface area contributed by atoms with Crippen LogP contribution in [0.15, 0.2) is 0 Å². The molecule has 12 heavy (non-hydrogen) atoms. The summed E-state index contributed by atoms with van der Waals surface area (Å²) in [7, 11) is 0. The van der Waals surface area contributed by atoms with Gasteiger partial charge in [0.2, 0.25) is 0 Å². The van der Waals surface area contributed by atoms with Crippen LogP contribution >= 0.6 is 22.6 Å². The van der Waals surface area contributed by atoms with Gasteiger partial charge in [-0.1, -0.05) is 42.9 Å². The van der Waals surface area contributed by atoms with Crippen molar-refractivity contribution in [1.82, 2.24) is 0 Å². The summed E-state index contributed by atoms with van der Waals surface area (Å²) in [5.74, 6) is 0.0720. The van der Waals surface area contributed by atoms with Gasteiger partial charge in [0.05, 0.1) is 12.5 Å². The topological polar surface area (TPSA) is 26.3 Å². The molecule has 0 heterocycles. The summed E-state index contributed by atoms with van der Waals surface area (Å²) < 4.78 is 5.94. The van der Waals surface area contributed by atoms with Gasteiger partial charge in [-0.05, 0) is 12.8 Å². The van der Waals surface area contributed by atoms with E-state index in [1.165, 1.54) is 0 Å². The van der Waals surface area contributed by atoms with Crippen LogP contribution in [-0.2, 0) is 9.53 Å². The molecule has 1 atom stereocenters. The molecule has 2 nitrogen and oxygen atoms in total. The van der Waals surface area contributed by atoms with Crippen molar-refractivity contribution in [3.63, 3.8) is 0 Å². The van der Waals surface area contributed by atoms with E-state index in [2.05, 4.69) is 29.5 Å². The Labute approximate surface area is 88.2 Å². The summed E-state index contributed by atoms with van der Waals surface area (Å²) >= 11 is 2.22. The highest BCUT2D eigenvalue weighted by Crippen LogP contribution is 2.09. The summed E-state index contributed by atoms with van der Waals surface area (Å²) in [6.45, 7) is 4.69. The Kier molecular flexibility index (Phi) is 7.96. The molecule has 1 unspecified atom stereocenters. The number of ether oxygens (including phenoxy) is 1. The molecule has 0 saturated heterocycles. The van der Waals surface area contributed by atoms with E-state index in [0.717, 1.165) is 23.7 Å². The third kappa shape index (κ3) is 4.95. The summed E-state index contributed by atoms with van der Waals surface area (Å²) in [6, 6.07) is 0. The average molecular weight is 284 g/mol. The lowest BCUT2D eigenvalue weighted by Crippen LogP contribution is -2.18. The highest BCUT2D eigenvalue weighted by Gasteiger charge is 2.15. The maximum atomic E-state index is 11.3. The molecule has 0 radical (unpaired) electrons. The lowest BCUT2D eigenvalue weighted by molar-refractivity contribution is -0.147. The van der Waals surface area contributed by atoms with Crippen LogP contribution in [0.1, 0.15) is 33.1 Å². The van der Waals surface area contributed by atoms with E-state index in [0.29, 0.717) is 6.61 Å². The highest BCUT2D eigenvalue weighted by molar-refractivity contribution is 14.1. The van der Waals surface area contributed by atoms with Gasteiger partial charge in [0, 0.05) is 4.43 Å². The van der Waals surface area contributed by atoms with E-state index in [1.54, 1.807) is 0 Å². The monoisotopic (exact) mass is 284 g/mol. The third-order valence-electron chi connectivity index (χ3n) is 1.75. The van der Waals surface area contributed by atoms with Gasteiger partial charge in [-0.15, -0.1) is 0 Å². The predicted molar refractivity (Wildman–Crippen MR) is 58.5 cm³/mol. The maximum Gasteiger partial charge on any atom is 0.309 e. The van der Waals surface area contributed by atoms with E-state index >= 15 is 0 Å². The van der Waals surface area contributed by atoms with Crippen molar-refractivity contribution >= 4 is 28.6 Å². The Morgan fingerprint density at radius 1 is 1.50 bits per heavy atom. The van der Waals surface area contributed by atoms with Crippen LogP contribution in [0.2, 0.25) is 0 Å². The summed E-state index contributed by atoms with van der Waals surface area (Å²) in [4.78, 5) is 11.3. The van der Waals surface area contributed by atoms with E-state index in [4.69, 9.17) is 4.74 Å². The summed E-state index contributed by atoms with van der Waals surface area (Å²) in [5.41, 5.74) is 0. The molecule has 0 aliphatic carbocycles. The number of hydrogen-bond donors (Lipinski definition) is 0. The quantitative estimate of drug-likeness (QED) is 0.324. The molecule has 0 rings (SSSR count). The SMILES string of the molecule is CCCCOC(=O)C(CC)CI. The molecular formula is C9H17IO2. The maximum absolute atomic E-state index is 11.3. The third-order valence-corrected chi connectivity index (χ3v) is 2.82. The minimum absolute atomic E-state index is 0.0275. The molecule has 0 aromatic rings. The number of halogens is 1. The van der Waals surface area contributed by atoms with Gasteiger partial charge in [-0.3, -0.25) is 4.79 Å². The number of carbonyl (C=O) groups excluding carboxylic acids is 1. The molecule has 0 N–H and O–H groups in total. The van der Waals surface area contributed by atoms with Crippen LogP contribution < -0.4 is 0 Å². The predicted octanol–water partition coefficient (Wildman–Crippen LogP) is 2.79. The summed E-state index contributed by atoms with van der Waals surface area (Å²) in [5, 5.41) is 0. The number of hydrogen-bond acceptors (Lipinski definition) is 2. The minimum Gasteiger partial charge on any atom is -0.465 e. The largest absolute Gasteiger partial charge is 0.465 e. The first-order valence-electron chi connectivity index (χ1n) is 4.48.